The van der Waals surface area contributed by atoms with Gasteiger partial charge in [0.15, 0.2) is 0 Å². The van der Waals surface area contributed by atoms with Crippen molar-refractivity contribution in [3.8, 4) is 5.75 Å². The van der Waals surface area contributed by atoms with E-state index in [0.29, 0.717) is 0 Å². The Morgan fingerprint density at radius 1 is 1.11 bits per heavy atom. The molecule has 1 unspecified atom stereocenters. The third kappa shape index (κ3) is 3.92. The second-order valence-electron chi connectivity index (χ2n) is 4.73. The molecule has 0 saturated carbocycles. The Balaban J connectivity index is 2.01. The number of aryl methyl sites for hydroxylation is 1. The summed E-state index contributed by atoms with van der Waals surface area (Å²) in [4.78, 5) is 0. The summed E-state index contributed by atoms with van der Waals surface area (Å²) in [7, 11) is 0. The monoisotopic (exact) mass is 277 g/mol. The lowest BCUT2D eigenvalue weighted by molar-refractivity contribution is 0.242. The van der Waals surface area contributed by atoms with Gasteiger partial charge in [0.2, 0.25) is 5.13 Å². The van der Waals surface area contributed by atoms with Gasteiger partial charge in [0.05, 0.1) is 12.1 Å². The first-order valence-electron chi connectivity index (χ1n) is 6.38. The molecule has 19 heavy (non-hydrogen) atoms. The molecule has 1 atom stereocenters. The summed E-state index contributed by atoms with van der Waals surface area (Å²) < 4.78 is 5.63. The van der Waals surface area contributed by atoms with Crippen LogP contribution in [0.25, 0.3) is 0 Å². The van der Waals surface area contributed by atoms with Crippen LogP contribution in [0.1, 0.15) is 37.4 Å². The average Bonchev–Trinajstić information content (AvgIpc) is 2.75. The number of benzene rings is 1. The second-order valence-corrected chi connectivity index (χ2v) is 5.91. The zero-order chi connectivity index (χ0) is 13.8. The molecule has 0 aliphatic heterocycles. The fraction of sp³-hybridized carbons (Fsp3) is 0.429. The van der Waals surface area contributed by atoms with E-state index in [-0.39, 0.29) is 12.1 Å². The van der Waals surface area contributed by atoms with Crippen LogP contribution in [-0.4, -0.2) is 16.3 Å². The largest absolute Gasteiger partial charge is 0.491 e. The van der Waals surface area contributed by atoms with Gasteiger partial charge in [-0.2, -0.15) is 0 Å². The van der Waals surface area contributed by atoms with Gasteiger partial charge in [0.1, 0.15) is 10.8 Å². The normalized spacial score (nSPS) is 12.5. The van der Waals surface area contributed by atoms with E-state index < -0.39 is 0 Å². The minimum atomic E-state index is 0.195. The molecule has 1 aromatic carbocycles. The van der Waals surface area contributed by atoms with E-state index in [1.165, 1.54) is 5.56 Å². The molecule has 0 spiro atoms. The molecule has 0 amide bonds. The summed E-state index contributed by atoms with van der Waals surface area (Å²) in [5, 5.41) is 13.2. The fourth-order valence-corrected chi connectivity index (χ4v) is 2.41. The van der Waals surface area contributed by atoms with Gasteiger partial charge < -0.3 is 10.1 Å². The first kappa shape index (κ1) is 13.8. The number of hydrogen-bond donors (Lipinski definition) is 1. The molecule has 0 fully saturated rings. The molecule has 1 N–H and O–H groups in total. The highest BCUT2D eigenvalue weighted by Gasteiger charge is 2.08. The van der Waals surface area contributed by atoms with Gasteiger partial charge in [0.25, 0.3) is 0 Å². The summed E-state index contributed by atoms with van der Waals surface area (Å²) in [6.45, 7) is 8.10. The Morgan fingerprint density at radius 3 is 2.32 bits per heavy atom. The lowest BCUT2D eigenvalue weighted by Crippen LogP contribution is -2.08. The fourth-order valence-electron chi connectivity index (χ4n) is 1.73. The zero-order valence-corrected chi connectivity index (χ0v) is 12.5. The van der Waals surface area contributed by atoms with E-state index in [9.17, 15) is 0 Å². The summed E-state index contributed by atoms with van der Waals surface area (Å²) in [5.74, 6) is 0.901. The van der Waals surface area contributed by atoms with Crippen LogP contribution in [0.2, 0.25) is 0 Å². The molecule has 1 aromatic heterocycles. The van der Waals surface area contributed by atoms with Crippen molar-refractivity contribution in [1.29, 1.82) is 0 Å². The zero-order valence-electron chi connectivity index (χ0n) is 11.7. The molecule has 0 aliphatic carbocycles. The van der Waals surface area contributed by atoms with Gasteiger partial charge in [-0.25, -0.2) is 0 Å². The van der Waals surface area contributed by atoms with E-state index in [1.807, 2.05) is 32.9 Å². The summed E-state index contributed by atoms with van der Waals surface area (Å²) >= 11 is 1.56. The highest BCUT2D eigenvalue weighted by molar-refractivity contribution is 7.15. The average molecular weight is 277 g/mol. The molecule has 5 heteroatoms. The standard InChI is InChI=1S/C14H19N3OS/c1-9(2)18-13-7-5-12(6-8-13)10(3)15-14-17-16-11(4)19-14/h5-10H,1-4H3,(H,15,17). The number of nitrogens with zero attached hydrogens (tertiary/aromatic N) is 2. The number of ether oxygens (including phenoxy) is 1. The van der Waals surface area contributed by atoms with Crippen molar-refractivity contribution < 1.29 is 4.74 Å². The lowest BCUT2D eigenvalue weighted by atomic mass is 10.1. The molecule has 2 aromatic rings. The van der Waals surface area contributed by atoms with Crippen LogP contribution < -0.4 is 10.1 Å². The minimum absolute atomic E-state index is 0.195. The van der Waals surface area contributed by atoms with Crippen LogP contribution in [-0.2, 0) is 0 Å². The molecular formula is C14H19N3OS. The van der Waals surface area contributed by atoms with Crippen LogP contribution in [0, 0.1) is 6.92 Å². The van der Waals surface area contributed by atoms with E-state index in [4.69, 9.17) is 4.74 Å². The van der Waals surface area contributed by atoms with E-state index in [0.717, 1.165) is 15.9 Å². The third-order valence-electron chi connectivity index (χ3n) is 2.62. The van der Waals surface area contributed by atoms with E-state index >= 15 is 0 Å². The van der Waals surface area contributed by atoms with Crippen molar-refractivity contribution in [2.45, 2.75) is 39.8 Å². The van der Waals surface area contributed by atoms with Crippen molar-refractivity contribution in [3.63, 3.8) is 0 Å². The number of aromatic nitrogens is 2. The quantitative estimate of drug-likeness (QED) is 0.903. The third-order valence-corrected chi connectivity index (χ3v) is 3.39. The molecular weight excluding hydrogens is 258 g/mol. The molecule has 0 radical (unpaired) electrons. The topological polar surface area (TPSA) is 47.0 Å². The van der Waals surface area contributed by atoms with Gasteiger partial charge in [-0.1, -0.05) is 23.5 Å². The highest BCUT2D eigenvalue weighted by Crippen LogP contribution is 2.23. The Bertz CT molecular complexity index is 522. The van der Waals surface area contributed by atoms with Gasteiger partial charge in [0, 0.05) is 0 Å². The first-order valence-corrected chi connectivity index (χ1v) is 7.19. The maximum atomic E-state index is 5.63. The summed E-state index contributed by atoms with van der Waals surface area (Å²) in [5.41, 5.74) is 1.20. The SMILES string of the molecule is Cc1nnc(NC(C)c2ccc(OC(C)C)cc2)s1. The Kier molecular flexibility index (Phi) is 4.37. The molecule has 0 bridgehead atoms. The Labute approximate surface area is 117 Å². The number of anilines is 1. The van der Waals surface area contributed by atoms with Crippen molar-refractivity contribution in [2.24, 2.45) is 0 Å². The highest BCUT2D eigenvalue weighted by atomic mass is 32.1. The number of rotatable bonds is 5. The first-order chi connectivity index (χ1) is 9.04. The Hall–Kier alpha value is -1.62. The van der Waals surface area contributed by atoms with Crippen molar-refractivity contribution in [1.82, 2.24) is 10.2 Å². The number of nitrogens with one attached hydrogen (secondary N) is 1. The predicted molar refractivity (Wildman–Crippen MR) is 78.9 cm³/mol. The lowest BCUT2D eigenvalue weighted by Gasteiger charge is -2.14. The number of hydrogen-bond acceptors (Lipinski definition) is 5. The van der Waals surface area contributed by atoms with Gasteiger partial charge in [-0.3, -0.25) is 0 Å². The second kappa shape index (κ2) is 6.02. The van der Waals surface area contributed by atoms with Crippen molar-refractivity contribution in [2.75, 3.05) is 5.32 Å². The minimum Gasteiger partial charge on any atom is -0.491 e. The van der Waals surface area contributed by atoms with Crippen LogP contribution in [0.3, 0.4) is 0 Å². The van der Waals surface area contributed by atoms with E-state index in [1.54, 1.807) is 11.3 Å². The molecule has 4 nitrogen and oxygen atoms in total. The van der Waals surface area contributed by atoms with Crippen LogP contribution >= 0.6 is 11.3 Å². The maximum absolute atomic E-state index is 5.63. The van der Waals surface area contributed by atoms with Crippen LogP contribution in [0.4, 0.5) is 5.13 Å². The Morgan fingerprint density at radius 2 is 1.79 bits per heavy atom. The molecule has 0 saturated heterocycles. The van der Waals surface area contributed by atoms with Gasteiger partial charge >= 0.3 is 0 Å². The summed E-state index contributed by atoms with van der Waals surface area (Å²) in [6, 6.07) is 8.34. The van der Waals surface area contributed by atoms with Crippen molar-refractivity contribution >= 4 is 16.5 Å². The predicted octanol–water partition coefficient (Wildman–Crippen LogP) is 3.81. The maximum Gasteiger partial charge on any atom is 0.206 e. The van der Waals surface area contributed by atoms with Crippen LogP contribution in [0.15, 0.2) is 24.3 Å². The molecule has 1 heterocycles. The smallest absolute Gasteiger partial charge is 0.206 e. The molecule has 0 aliphatic rings. The molecule has 102 valence electrons. The van der Waals surface area contributed by atoms with Crippen LogP contribution in [0.5, 0.6) is 5.75 Å². The van der Waals surface area contributed by atoms with Gasteiger partial charge in [-0.05, 0) is 45.4 Å². The summed E-state index contributed by atoms with van der Waals surface area (Å²) in [6.07, 6.45) is 0.200. The van der Waals surface area contributed by atoms with Gasteiger partial charge in [-0.15, -0.1) is 10.2 Å². The molecule has 2 rings (SSSR count). The van der Waals surface area contributed by atoms with E-state index in [2.05, 4.69) is 34.6 Å². The van der Waals surface area contributed by atoms with Crippen molar-refractivity contribution in [3.05, 3.63) is 34.8 Å².